The van der Waals surface area contributed by atoms with E-state index < -0.39 is 17.6 Å². The van der Waals surface area contributed by atoms with Gasteiger partial charge in [-0.2, -0.15) is 0 Å². The van der Waals surface area contributed by atoms with Crippen molar-refractivity contribution in [1.29, 1.82) is 0 Å². The number of carboxylic acid groups (broad SMARTS) is 1. The minimum atomic E-state index is -1.28. The second-order valence-electron chi connectivity index (χ2n) is 3.20. The molecule has 0 aliphatic rings. The highest BCUT2D eigenvalue weighted by atomic mass is 32.1. The van der Waals surface area contributed by atoms with E-state index in [2.05, 4.69) is 4.98 Å². The predicted molar refractivity (Wildman–Crippen MR) is 58.8 cm³/mol. The number of anilines is 1. The molecule has 4 nitrogen and oxygen atoms in total. The number of carbonyl (C=O) groups is 1. The van der Waals surface area contributed by atoms with E-state index in [1.807, 2.05) is 0 Å². The Bertz CT molecular complexity index is 578. The van der Waals surface area contributed by atoms with Crippen LogP contribution in [-0.2, 0) is 0 Å². The largest absolute Gasteiger partial charge is 0.476 e. The molecule has 0 aliphatic heterocycles. The molecule has 0 atom stereocenters. The molecule has 2 rings (SSSR count). The van der Waals surface area contributed by atoms with Gasteiger partial charge in [0.1, 0.15) is 21.6 Å². The molecule has 0 aliphatic carbocycles. The molecule has 88 valence electrons. The molecule has 2 aromatic rings. The number of benzene rings is 1. The summed E-state index contributed by atoms with van der Waals surface area (Å²) < 4.78 is 25.9. The Morgan fingerprint density at radius 3 is 2.35 bits per heavy atom. The molecule has 0 fully saturated rings. The van der Waals surface area contributed by atoms with Crippen LogP contribution in [0.4, 0.5) is 13.8 Å². The van der Waals surface area contributed by atoms with Crippen LogP contribution in [0.1, 0.15) is 10.5 Å². The molecule has 17 heavy (non-hydrogen) atoms. The molecule has 0 spiro atoms. The van der Waals surface area contributed by atoms with Crippen molar-refractivity contribution in [2.75, 3.05) is 5.73 Å². The number of hydrogen-bond acceptors (Lipinski definition) is 4. The highest BCUT2D eigenvalue weighted by Gasteiger charge is 2.16. The molecular formula is C10H6F2N2O2S. The zero-order valence-electron chi connectivity index (χ0n) is 8.28. The first-order valence-corrected chi connectivity index (χ1v) is 5.25. The number of hydrogen-bond donors (Lipinski definition) is 2. The summed E-state index contributed by atoms with van der Waals surface area (Å²) in [5.41, 5.74) is 5.29. The number of nitrogen functional groups attached to an aromatic ring is 1. The van der Waals surface area contributed by atoms with Crippen molar-refractivity contribution in [2.24, 2.45) is 0 Å². The zero-order valence-corrected chi connectivity index (χ0v) is 9.09. The lowest BCUT2D eigenvalue weighted by atomic mass is 10.2. The fourth-order valence-electron chi connectivity index (χ4n) is 1.29. The summed E-state index contributed by atoms with van der Waals surface area (Å²) in [5, 5.41) is 8.91. The van der Waals surface area contributed by atoms with Gasteiger partial charge in [-0.1, -0.05) is 11.3 Å². The molecule has 0 bridgehead atoms. The van der Waals surface area contributed by atoms with Gasteiger partial charge in [0.2, 0.25) is 0 Å². The number of carboxylic acids is 1. The Morgan fingerprint density at radius 2 is 1.88 bits per heavy atom. The summed E-state index contributed by atoms with van der Waals surface area (Å²) in [6.07, 6.45) is 0. The molecule has 0 radical (unpaired) electrons. The van der Waals surface area contributed by atoms with Gasteiger partial charge in [-0.15, -0.1) is 0 Å². The van der Waals surface area contributed by atoms with Crippen LogP contribution in [0.15, 0.2) is 18.2 Å². The number of thiazole rings is 1. The molecular weight excluding hydrogens is 250 g/mol. The SMILES string of the molecule is Nc1sc(-c2cc(F)cc(F)c2)nc1C(=O)O. The Labute approximate surface area is 98.3 Å². The van der Waals surface area contributed by atoms with Crippen molar-refractivity contribution < 1.29 is 18.7 Å². The van der Waals surface area contributed by atoms with Crippen LogP contribution in [0.2, 0.25) is 0 Å². The van der Waals surface area contributed by atoms with Gasteiger partial charge in [-0.25, -0.2) is 18.6 Å². The van der Waals surface area contributed by atoms with Crippen molar-refractivity contribution in [3.05, 3.63) is 35.5 Å². The maximum Gasteiger partial charge on any atom is 0.357 e. The summed E-state index contributed by atoms with van der Waals surface area (Å²) in [7, 11) is 0. The summed E-state index contributed by atoms with van der Waals surface area (Å²) in [5.74, 6) is -2.79. The summed E-state index contributed by atoms with van der Waals surface area (Å²) in [6, 6.07) is 2.85. The molecule has 3 N–H and O–H groups in total. The van der Waals surface area contributed by atoms with Crippen molar-refractivity contribution in [3.63, 3.8) is 0 Å². The van der Waals surface area contributed by atoms with E-state index >= 15 is 0 Å². The van der Waals surface area contributed by atoms with Crippen molar-refractivity contribution >= 4 is 22.3 Å². The number of aromatic nitrogens is 1. The Kier molecular flexibility index (Phi) is 2.76. The molecule has 1 heterocycles. The first-order valence-electron chi connectivity index (χ1n) is 4.43. The number of nitrogens with zero attached hydrogens (tertiary/aromatic N) is 1. The number of halogens is 2. The van der Waals surface area contributed by atoms with Crippen LogP contribution in [0, 0.1) is 11.6 Å². The molecule has 7 heteroatoms. The third kappa shape index (κ3) is 2.23. The van der Waals surface area contributed by atoms with Crippen molar-refractivity contribution in [3.8, 4) is 10.6 Å². The van der Waals surface area contributed by atoms with Crippen LogP contribution in [0.5, 0.6) is 0 Å². The highest BCUT2D eigenvalue weighted by molar-refractivity contribution is 7.19. The Hall–Kier alpha value is -2.02. The highest BCUT2D eigenvalue weighted by Crippen LogP contribution is 2.30. The topological polar surface area (TPSA) is 76.2 Å². The number of aromatic carboxylic acids is 1. The van der Waals surface area contributed by atoms with Gasteiger partial charge >= 0.3 is 5.97 Å². The van der Waals surface area contributed by atoms with E-state index in [0.717, 1.165) is 29.5 Å². The van der Waals surface area contributed by atoms with E-state index in [1.54, 1.807) is 0 Å². The first kappa shape index (κ1) is 11.5. The average Bonchev–Trinajstić information content (AvgIpc) is 2.59. The fourth-order valence-corrected chi connectivity index (χ4v) is 2.10. The molecule has 1 aromatic carbocycles. The summed E-state index contributed by atoms with van der Waals surface area (Å²) in [6.45, 7) is 0. The minimum Gasteiger partial charge on any atom is -0.476 e. The van der Waals surface area contributed by atoms with Gasteiger partial charge in [-0.05, 0) is 12.1 Å². The van der Waals surface area contributed by atoms with Crippen LogP contribution in [0.3, 0.4) is 0 Å². The zero-order chi connectivity index (χ0) is 12.6. The summed E-state index contributed by atoms with van der Waals surface area (Å²) >= 11 is 0.866. The standard InChI is InChI=1S/C10H6F2N2O2S/c11-5-1-4(2-6(12)3-5)9-14-7(10(15)16)8(13)17-9/h1-3H,13H2,(H,15,16). The monoisotopic (exact) mass is 256 g/mol. The predicted octanol–water partition coefficient (Wildman–Crippen LogP) is 2.37. The van der Waals surface area contributed by atoms with Crippen molar-refractivity contribution in [2.45, 2.75) is 0 Å². The van der Waals surface area contributed by atoms with Gasteiger partial charge < -0.3 is 10.8 Å². The Morgan fingerprint density at radius 1 is 1.29 bits per heavy atom. The minimum absolute atomic E-state index is 0.00262. The quantitative estimate of drug-likeness (QED) is 0.864. The molecule has 0 amide bonds. The van der Waals surface area contributed by atoms with Crippen molar-refractivity contribution in [1.82, 2.24) is 4.98 Å². The van der Waals surface area contributed by atoms with Crippen LogP contribution >= 0.6 is 11.3 Å². The normalized spacial score (nSPS) is 10.5. The Balaban J connectivity index is 2.53. The number of nitrogens with two attached hydrogens (primary N) is 1. The number of rotatable bonds is 2. The summed E-state index contributed by atoms with van der Waals surface area (Å²) in [4.78, 5) is 14.4. The van der Waals surface area contributed by atoms with E-state index in [-0.39, 0.29) is 21.3 Å². The van der Waals surface area contributed by atoms with Gasteiger partial charge in [0.25, 0.3) is 0 Å². The average molecular weight is 256 g/mol. The second kappa shape index (κ2) is 4.10. The molecule has 0 unspecified atom stereocenters. The van der Waals surface area contributed by atoms with E-state index in [4.69, 9.17) is 10.8 Å². The van der Waals surface area contributed by atoms with Gasteiger partial charge in [-0.3, -0.25) is 0 Å². The van der Waals surface area contributed by atoms with E-state index in [1.165, 1.54) is 0 Å². The maximum atomic E-state index is 13.0. The maximum absolute atomic E-state index is 13.0. The lowest BCUT2D eigenvalue weighted by molar-refractivity contribution is 0.0692. The smallest absolute Gasteiger partial charge is 0.357 e. The molecule has 0 saturated heterocycles. The third-order valence-electron chi connectivity index (χ3n) is 1.97. The molecule has 0 saturated carbocycles. The first-order chi connectivity index (χ1) is 7.97. The van der Waals surface area contributed by atoms with Crippen LogP contribution in [-0.4, -0.2) is 16.1 Å². The van der Waals surface area contributed by atoms with Crippen LogP contribution in [0.25, 0.3) is 10.6 Å². The van der Waals surface area contributed by atoms with E-state index in [9.17, 15) is 13.6 Å². The van der Waals surface area contributed by atoms with Gasteiger partial charge in [0, 0.05) is 11.6 Å². The van der Waals surface area contributed by atoms with Crippen LogP contribution < -0.4 is 5.73 Å². The molecule has 1 aromatic heterocycles. The second-order valence-corrected chi connectivity index (χ2v) is 4.23. The van der Waals surface area contributed by atoms with E-state index in [0.29, 0.717) is 0 Å². The lowest BCUT2D eigenvalue weighted by Crippen LogP contribution is -2.00. The van der Waals surface area contributed by atoms with Gasteiger partial charge in [0.15, 0.2) is 5.69 Å². The fraction of sp³-hybridized carbons (Fsp3) is 0. The lowest BCUT2D eigenvalue weighted by Gasteiger charge is -1.96. The van der Waals surface area contributed by atoms with Gasteiger partial charge in [0.05, 0.1) is 0 Å². The third-order valence-corrected chi connectivity index (χ3v) is 2.90.